The normalized spacial score (nSPS) is 24.2. The van der Waals surface area contributed by atoms with Crippen molar-refractivity contribution >= 4 is 33.7 Å². The van der Waals surface area contributed by atoms with Gasteiger partial charge in [-0.3, -0.25) is 14.8 Å². The highest BCUT2D eigenvalue weighted by Crippen LogP contribution is 2.44. The Morgan fingerprint density at radius 1 is 1.02 bits per heavy atom. The molecule has 1 amide bonds. The number of hydrogen-bond donors (Lipinski definition) is 0. The van der Waals surface area contributed by atoms with Crippen LogP contribution in [0.5, 0.6) is 6.01 Å². The maximum atomic E-state index is 17.3. The van der Waals surface area contributed by atoms with E-state index in [2.05, 4.69) is 23.0 Å². The predicted octanol–water partition coefficient (Wildman–Crippen LogP) is 7.12. The Morgan fingerprint density at radius 3 is 2.44 bits per heavy atom. The third-order valence-electron chi connectivity index (χ3n) is 11.8. The molecule has 5 saturated heterocycles. The number of aromatic nitrogens is 5. The molecule has 5 fully saturated rings. The first kappa shape index (κ1) is 35.1. The molecule has 4 aromatic rings. The summed E-state index contributed by atoms with van der Waals surface area (Å²) in [6.07, 6.45) is 9.28. The summed E-state index contributed by atoms with van der Waals surface area (Å²) < 4.78 is 37.6. The molecule has 0 N–H and O–H groups in total. The molecule has 0 spiro atoms. The highest BCUT2D eigenvalue weighted by molar-refractivity contribution is 5.99. The molecule has 1 aromatic carbocycles. The van der Waals surface area contributed by atoms with Gasteiger partial charge in [0.25, 0.3) is 0 Å². The summed E-state index contributed by atoms with van der Waals surface area (Å²) in [5.74, 6) is 0.00353. The van der Waals surface area contributed by atoms with Gasteiger partial charge in [-0.1, -0.05) is 30.4 Å². The number of anilines is 1. The molecule has 284 valence electrons. The van der Waals surface area contributed by atoms with Crippen LogP contribution in [0.25, 0.3) is 33.1 Å². The summed E-state index contributed by atoms with van der Waals surface area (Å²) in [4.78, 5) is 34.3. The summed E-state index contributed by atoms with van der Waals surface area (Å²) in [6.45, 7) is 19.8. The van der Waals surface area contributed by atoms with Crippen molar-refractivity contribution in [1.82, 2.24) is 34.5 Å². The van der Waals surface area contributed by atoms with Crippen LogP contribution in [0.1, 0.15) is 77.5 Å². The van der Waals surface area contributed by atoms with E-state index < -0.39 is 11.4 Å². The van der Waals surface area contributed by atoms with Crippen molar-refractivity contribution < 1.29 is 23.4 Å². The lowest BCUT2D eigenvalue weighted by Gasteiger charge is -2.42. The minimum atomic E-state index is -0.596. The van der Waals surface area contributed by atoms with Crippen molar-refractivity contribution in [3.05, 3.63) is 60.2 Å². The zero-order valence-electron chi connectivity index (χ0n) is 31.7. The highest BCUT2D eigenvalue weighted by Gasteiger charge is 2.49. The predicted molar refractivity (Wildman–Crippen MR) is 204 cm³/mol. The van der Waals surface area contributed by atoms with Crippen LogP contribution in [0, 0.1) is 12.7 Å². The summed E-state index contributed by atoms with van der Waals surface area (Å²) in [6, 6.07) is 3.97. The number of benzene rings is 1. The number of aryl methyl sites for hydroxylation is 1. The Morgan fingerprint density at radius 2 is 1.76 bits per heavy atom. The first-order valence-electron chi connectivity index (χ1n) is 19.3. The van der Waals surface area contributed by atoms with Gasteiger partial charge in [0.15, 0.2) is 12.0 Å². The summed E-state index contributed by atoms with van der Waals surface area (Å²) in [5, 5.41) is 6.02. The fourth-order valence-electron chi connectivity index (χ4n) is 9.53. The lowest BCUT2D eigenvalue weighted by atomic mass is 9.92. The van der Waals surface area contributed by atoms with Gasteiger partial charge in [0.1, 0.15) is 29.2 Å². The molecule has 13 heteroatoms. The Kier molecular flexibility index (Phi) is 8.46. The van der Waals surface area contributed by atoms with Crippen LogP contribution in [0.15, 0.2) is 48.8 Å². The number of fused-ring (bicyclic) bond motifs is 5. The molecular formula is C41H49FN8O4. The maximum absolute atomic E-state index is 17.3. The average molecular weight is 737 g/mol. The minimum Gasteiger partial charge on any atom is -0.461 e. The molecule has 0 aliphatic carbocycles. The maximum Gasteiger partial charge on any atom is 0.410 e. The summed E-state index contributed by atoms with van der Waals surface area (Å²) >= 11 is 0. The monoisotopic (exact) mass is 736 g/mol. The standard InChI is InChI=1S/C41H49FN8O4/c1-24-15-41(16-25(2)20-48(41)19-24)23-53-38-45-35-30(37(46-38)47-21-27-11-12-28(22-47)49(27)39(51)54-40(4,5)6)17-43-36(34(35)42)33-26(3)10-13-31-29(33)18-44-50(31)32-9-7-8-14-52-32/h10,13,17-18,27-28,32H,1-2,7-9,11-12,14-16,19-23H2,3-6H3/t27-,28+,32?. The molecule has 54 heavy (non-hydrogen) atoms. The Labute approximate surface area is 315 Å². The Hall–Kier alpha value is -4.62. The fraction of sp³-hybridized carbons (Fsp3) is 0.537. The lowest BCUT2D eigenvalue weighted by Crippen LogP contribution is -2.57. The van der Waals surface area contributed by atoms with E-state index in [0.717, 1.165) is 85.6 Å². The van der Waals surface area contributed by atoms with Gasteiger partial charge in [-0.05, 0) is 84.3 Å². The van der Waals surface area contributed by atoms with Crippen LogP contribution in [0.3, 0.4) is 0 Å². The van der Waals surface area contributed by atoms with Crippen molar-refractivity contribution in [3.63, 3.8) is 0 Å². The first-order chi connectivity index (χ1) is 25.9. The second kappa shape index (κ2) is 13.0. The molecule has 12 nitrogen and oxygen atoms in total. The lowest BCUT2D eigenvalue weighted by molar-refractivity contribution is -0.0366. The second-order valence-corrected chi connectivity index (χ2v) is 17.0. The molecule has 3 aromatic heterocycles. The molecule has 1 unspecified atom stereocenters. The van der Waals surface area contributed by atoms with Gasteiger partial charge in [-0.25, -0.2) is 13.9 Å². The van der Waals surface area contributed by atoms with Crippen LogP contribution in [-0.2, 0) is 9.47 Å². The van der Waals surface area contributed by atoms with Gasteiger partial charge in [-0.2, -0.15) is 15.1 Å². The van der Waals surface area contributed by atoms with Crippen LogP contribution in [-0.4, -0.2) is 103 Å². The van der Waals surface area contributed by atoms with E-state index in [4.69, 9.17) is 34.3 Å². The van der Waals surface area contributed by atoms with E-state index in [-0.39, 0.29) is 47.2 Å². The van der Waals surface area contributed by atoms with Crippen molar-refractivity contribution in [2.75, 3.05) is 44.3 Å². The number of piperazine rings is 1. The second-order valence-electron chi connectivity index (χ2n) is 17.0. The van der Waals surface area contributed by atoms with E-state index in [1.54, 1.807) is 12.4 Å². The number of hydrogen-bond acceptors (Lipinski definition) is 10. The largest absolute Gasteiger partial charge is 0.461 e. The molecule has 0 saturated carbocycles. The third-order valence-corrected chi connectivity index (χ3v) is 11.8. The van der Waals surface area contributed by atoms with E-state index >= 15 is 4.39 Å². The fourth-order valence-corrected chi connectivity index (χ4v) is 9.53. The Bertz CT molecular complexity index is 2160. The van der Waals surface area contributed by atoms with Gasteiger partial charge in [0.2, 0.25) is 0 Å². The molecule has 5 aliphatic heterocycles. The average Bonchev–Trinajstić information content (AvgIpc) is 3.84. The molecule has 2 bridgehead atoms. The highest BCUT2D eigenvalue weighted by atomic mass is 19.1. The van der Waals surface area contributed by atoms with Crippen LogP contribution >= 0.6 is 0 Å². The molecule has 0 radical (unpaired) electrons. The first-order valence-corrected chi connectivity index (χ1v) is 19.3. The minimum absolute atomic E-state index is 0.0727. The van der Waals surface area contributed by atoms with Gasteiger partial charge in [0, 0.05) is 49.9 Å². The topological polar surface area (TPSA) is 111 Å². The molecule has 5 aliphatic rings. The SMILES string of the molecule is C=C1CN2CC(=C)CC2(COc2nc(N3C[C@H]4CC[C@@H](C3)N4C(=O)OC(C)(C)C)c3cnc(-c4c(C)ccc5c4cnn5C4CCCCO4)c(F)c3n2)C1. The van der Waals surface area contributed by atoms with E-state index in [1.807, 2.05) is 49.4 Å². The summed E-state index contributed by atoms with van der Waals surface area (Å²) in [5.41, 5.74) is 4.21. The quantitative estimate of drug-likeness (QED) is 0.190. The van der Waals surface area contributed by atoms with Gasteiger partial charge < -0.3 is 19.1 Å². The number of pyridine rings is 1. The number of nitrogens with zero attached hydrogens (tertiary/aromatic N) is 8. The number of ether oxygens (including phenoxy) is 3. The van der Waals surface area contributed by atoms with Gasteiger partial charge in [-0.15, -0.1) is 0 Å². The smallest absolute Gasteiger partial charge is 0.410 e. The molecule has 8 heterocycles. The van der Waals surface area contributed by atoms with Gasteiger partial charge >= 0.3 is 12.1 Å². The van der Waals surface area contributed by atoms with E-state index in [1.165, 1.54) is 0 Å². The van der Waals surface area contributed by atoms with Crippen LogP contribution < -0.4 is 9.64 Å². The van der Waals surface area contributed by atoms with Crippen molar-refractivity contribution in [1.29, 1.82) is 0 Å². The molecular weight excluding hydrogens is 688 g/mol. The summed E-state index contributed by atoms with van der Waals surface area (Å²) in [7, 11) is 0. The molecule has 3 atom stereocenters. The van der Waals surface area contributed by atoms with E-state index in [0.29, 0.717) is 43.1 Å². The van der Waals surface area contributed by atoms with Crippen molar-refractivity contribution in [2.45, 2.75) is 102 Å². The number of carbonyl (C=O) groups excluding carboxylic acids is 1. The number of halogens is 1. The number of carbonyl (C=O) groups is 1. The van der Waals surface area contributed by atoms with Crippen molar-refractivity contribution in [2.24, 2.45) is 0 Å². The van der Waals surface area contributed by atoms with Gasteiger partial charge in [0.05, 0.1) is 34.7 Å². The number of amides is 1. The van der Waals surface area contributed by atoms with Crippen molar-refractivity contribution in [3.8, 4) is 17.3 Å². The Balaban J connectivity index is 1.12. The zero-order chi connectivity index (χ0) is 37.5. The third kappa shape index (κ3) is 6.00. The van der Waals surface area contributed by atoms with Crippen LogP contribution in [0.2, 0.25) is 0 Å². The zero-order valence-corrected chi connectivity index (χ0v) is 31.7. The molecule has 9 rings (SSSR count). The van der Waals surface area contributed by atoms with Crippen LogP contribution in [0.4, 0.5) is 15.0 Å². The van der Waals surface area contributed by atoms with E-state index in [9.17, 15) is 4.79 Å². The number of rotatable bonds is 6.